The number of methoxy groups -OCH3 is 1. The minimum Gasteiger partial charge on any atom is -0.464 e. The third-order valence-electron chi connectivity index (χ3n) is 4.50. The number of amides is 2. The zero-order valence-corrected chi connectivity index (χ0v) is 18.2. The third kappa shape index (κ3) is 5.68. The lowest BCUT2D eigenvalue weighted by molar-refractivity contribution is 0.0593. The van der Waals surface area contributed by atoms with Crippen molar-refractivity contribution in [3.8, 4) is 0 Å². The highest BCUT2D eigenvalue weighted by molar-refractivity contribution is 6.04. The number of aryl methyl sites for hydroxylation is 1. The number of hydrogen-bond donors (Lipinski definition) is 2. The Labute approximate surface area is 175 Å². The van der Waals surface area contributed by atoms with Crippen LogP contribution in [0.5, 0.6) is 0 Å². The molecule has 162 valence electrons. The van der Waals surface area contributed by atoms with E-state index in [1.807, 2.05) is 20.8 Å². The van der Waals surface area contributed by atoms with Crippen molar-refractivity contribution in [2.24, 2.45) is 0 Å². The number of carbonyl (C=O) groups excluding carboxylic acids is 3. The fourth-order valence-electron chi connectivity index (χ4n) is 3.14. The van der Waals surface area contributed by atoms with Gasteiger partial charge in [-0.3, -0.25) is 4.79 Å². The van der Waals surface area contributed by atoms with E-state index in [-0.39, 0.29) is 30.4 Å². The number of aromatic nitrogens is 1. The van der Waals surface area contributed by atoms with Crippen molar-refractivity contribution in [2.75, 3.05) is 13.7 Å². The summed E-state index contributed by atoms with van der Waals surface area (Å²) in [6, 6.07) is 5.33. The van der Waals surface area contributed by atoms with Gasteiger partial charge in [0.15, 0.2) is 5.78 Å². The Bertz CT molecular complexity index is 943. The van der Waals surface area contributed by atoms with Crippen molar-refractivity contribution in [1.29, 1.82) is 0 Å². The topological polar surface area (TPSA) is 91.5 Å². The molecule has 0 aliphatic carbocycles. The van der Waals surface area contributed by atoms with Gasteiger partial charge in [0, 0.05) is 23.3 Å². The van der Waals surface area contributed by atoms with E-state index in [2.05, 4.69) is 10.3 Å². The molecule has 30 heavy (non-hydrogen) atoms. The monoisotopic (exact) mass is 417 g/mol. The van der Waals surface area contributed by atoms with Gasteiger partial charge in [-0.05, 0) is 57.9 Å². The molecule has 1 heterocycles. The largest absolute Gasteiger partial charge is 0.464 e. The molecule has 2 N–H and O–H groups in total. The molecule has 0 spiro atoms. The molecule has 1 aromatic carbocycles. The van der Waals surface area contributed by atoms with Crippen LogP contribution in [0, 0.1) is 19.7 Å². The van der Waals surface area contributed by atoms with Crippen molar-refractivity contribution < 1.29 is 23.5 Å². The fourth-order valence-corrected chi connectivity index (χ4v) is 3.14. The Hall–Kier alpha value is -3.16. The summed E-state index contributed by atoms with van der Waals surface area (Å²) in [4.78, 5) is 42.1. The number of aromatic amines is 1. The van der Waals surface area contributed by atoms with E-state index in [0.717, 1.165) is 0 Å². The van der Waals surface area contributed by atoms with Crippen LogP contribution >= 0.6 is 0 Å². The Morgan fingerprint density at radius 3 is 2.27 bits per heavy atom. The van der Waals surface area contributed by atoms with Gasteiger partial charge in [0.2, 0.25) is 0 Å². The third-order valence-corrected chi connectivity index (χ3v) is 4.50. The summed E-state index contributed by atoms with van der Waals surface area (Å²) in [6.07, 6.45) is 0. The molecule has 0 unspecified atom stereocenters. The van der Waals surface area contributed by atoms with Gasteiger partial charge in [-0.15, -0.1) is 0 Å². The normalized spacial score (nSPS) is 11.2. The summed E-state index contributed by atoms with van der Waals surface area (Å²) < 4.78 is 18.0. The number of Topliss-reactive ketones (excluding diaryl/α,β-unsaturated/α-hetero) is 1. The SMILES string of the molecule is COC(=O)c1[nH]c(C)c(C(=O)CN(Cc2ccc(F)cc2)C(=O)NC(C)(C)C)c1C. The molecule has 0 radical (unpaired) electrons. The molecule has 2 aromatic rings. The average molecular weight is 417 g/mol. The molecule has 0 aliphatic heterocycles. The second kappa shape index (κ2) is 9.11. The molecule has 8 heteroatoms. The summed E-state index contributed by atoms with van der Waals surface area (Å²) in [5.41, 5.74) is 1.74. The first-order valence-corrected chi connectivity index (χ1v) is 9.55. The zero-order chi connectivity index (χ0) is 22.6. The number of hydrogen-bond acceptors (Lipinski definition) is 4. The van der Waals surface area contributed by atoms with Gasteiger partial charge in [-0.25, -0.2) is 14.0 Å². The van der Waals surface area contributed by atoms with Crippen LogP contribution in [-0.2, 0) is 11.3 Å². The molecule has 2 rings (SSSR count). The molecule has 1 aromatic heterocycles. The van der Waals surface area contributed by atoms with Gasteiger partial charge >= 0.3 is 12.0 Å². The summed E-state index contributed by atoms with van der Waals surface area (Å²) in [7, 11) is 1.26. The summed E-state index contributed by atoms with van der Waals surface area (Å²) >= 11 is 0. The highest BCUT2D eigenvalue weighted by atomic mass is 19.1. The number of nitrogens with one attached hydrogen (secondary N) is 2. The molecular formula is C22H28FN3O4. The average Bonchev–Trinajstić information content (AvgIpc) is 2.95. The molecule has 7 nitrogen and oxygen atoms in total. The Morgan fingerprint density at radius 1 is 1.13 bits per heavy atom. The van der Waals surface area contributed by atoms with Crippen molar-refractivity contribution in [2.45, 2.75) is 46.7 Å². The Balaban J connectivity index is 2.32. The molecule has 0 saturated heterocycles. The first-order valence-electron chi connectivity index (χ1n) is 9.55. The van der Waals surface area contributed by atoms with Crippen LogP contribution in [0.2, 0.25) is 0 Å². The van der Waals surface area contributed by atoms with Crippen LogP contribution in [-0.4, -0.2) is 46.9 Å². The molecule has 0 bridgehead atoms. The lowest BCUT2D eigenvalue weighted by atomic mass is 10.0. The van der Waals surface area contributed by atoms with Gasteiger partial charge in [0.25, 0.3) is 0 Å². The number of ketones is 1. The number of urea groups is 1. The van der Waals surface area contributed by atoms with Crippen LogP contribution in [0.3, 0.4) is 0 Å². The number of ether oxygens (including phenoxy) is 1. The predicted molar refractivity (Wildman–Crippen MR) is 111 cm³/mol. The Morgan fingerprint density at radius 2 is 1.73 bits per heavy atom. The van der Waals surface area contributed by atoms with E-state index < -0.39 is 17.5 Å². The summed E-state index contributed by atoms with van der Waals surface area (Å²) in [5, 5.41) is 2.85. The Kier molecular flexibility index (Phi) is 7.02. The van der Waals surface area contributed by atoms with Crippen molar-refractivity contribution in [3.63, 3.8) is 0 Å². The predicted octanol–water partition coefficient (Wildman–Crippen LogP) is 3.75. The lowest BCUT2D eigenvalue weighted by Crippen LogP contribution is -2.49. The van der Waals surface area contributed by atoms with Gasteiger partial charge in [-0.2, -0.15) is 0 Å². The lowest BCUT2D eigenvalue weighted by Gasteiger charge is -2.28. The number of esters is 1. The second-order valence-corrected chi connectivity index (χ2v) is 8.20. The fraction of sp³-hybridized carbons (Fsp3) is 0.409. The van der Waals surface area contributed by atoms with Gasteiger partial charge in [0.1, 0.15) is 11.5 Å². The number of H-pyrrole nitrogens is 1. The maximum absolute atomic E-state index is 13.2. The van der Waals surface area contributed by atoms with Crippen molar-refractivity contribution >= 4 is 17.8 Å². The number of nitrogens with zero attached hydrogens (tertiary/aromatic N) is 1. The van der Waals surface area contributed by atoms with Crippen LogP contribution in [0.15, 0.2) is 24.3 Å². The maximum Gasteiger partial charge on any atom is 0.354 e. The van der Waals surface area contributed by atoms with Crippen LogP contribution in [0.4, 0.5) is 9.18 Å². The zero-order valence-electron chi connectivity index (χ0n) is 18.2. The van der Waals surface area contributed by atoms with Gasteiger partial charge in [-0.1, -0.05) is 12.1 Å². The van der Waals surface area contributed by atoms with Crippen LogP contribution in [0.1, 0.15) is 58.4 Å². The number of halogens is 1. The van der Waals surface area contributed by atoms with Crippen molar-refractivity contribution in [1.82, 2.24) is 15.2 Å². The number of rotatable bonds is 6. The van der Waals surface area contributed by atoms with Crippen LogP contribution in [0.25, 0.3) is 0 Å². The van der Waals surface area contributed by atoms with E-state index in [1.165, 1.54) is 24.1 Å². The number of benzene rings is 1. The van der Waals surface area contributed by atoms with E-state index in [4.69, 9.17) is 4.74 Å². The number of carbonyl (C=O) groups is 3. The molecular weight excluding hydrogens is 389 g/mol. The summed E-state index contributed by atoms with van der Waals surface area (Å²) in [6.45, 7) is 8.78. The van der Waals surface area contributed by atoms with E-state index in [0.29, 0.717) is 22.4 Å². The smallest absolute Gasteiger partial charge is 0.354 e. The molecule has 2 amide bonds. The summed E-state index contributed by atoms with van der Waals surface area (Å²) in [5.74, 6) is -1.26. The van der Waals surface area contributed by atoms with E-state index in [9.17, 15) is 18.8 Å². The molecule has 0 saturated carbocycles. The highest BCUT2D eigenvalue weighted by Crippen LogP contribution is 2.20. The molecule has 0 atom stereocenters. The highest BCUT2D eigenvalue weighted by Gasteiger charge is 2.27. The minimum atomic E-state index is -0.566. The quantitative estimate of drug-likeness (QED) is 0.553. The van der Waals surface area contributed by atoms with Crippen molar-refractivity contribution in [3.05, 3.63) is 58.2 Å². The van der Waals surface area contributed by atoms with E-state index >= 15 is 0 Å². The first-order chi connectivity index (χ1) is 13.9. The van der Waals surface area contributed by atoms with Gasteiger partial charge < -0.3 is 19.9 Å². The second-order valence-electron chi connectivity index (χ2n) is 8.20. The van der Waals surface area contributed by atoms with Gasteiger partial charge in [0.05, 0.1) is 13.7 Å². The van der Waals surface area contributed by atoms with E-state index in [1.54, 1.807) is 26.0 Å². The maximum atomic E-state index is 13.2. The standard InChI is InChI=1S/C22H28FN3O4/c1-13-18(14(2)24-19(13)20(28)30-6)17(27)12-26(21(29)25-22(3,4)5)11-15-7-9-16(23)10-8-15/h7-10,24H,11-12H2,1-6H3,(H,25,29). The molecule has 0 fully saturated rings. The van der Waals surface area contributed by atoms with Crippen LogP contribution < -0.4 is 5.32 Å². The first kappa shape index (κ1) is 23.1. The minimum absolute atomic E-state index is 0.125. The molecule has 0 aliphatic rings.